The molecule has 0 saturated carbocycles. The number of hydrogen-bond donors (Lipinski definition) is 2. The maximum Gasteiger partial charge on any atom is 0.191 e. The van der Waals surface area contributed by atoms with Gasteiger partial charge >= 0.3 is 0 Å². The molecule has 2 rings (SSSR count). The number of nitrogens with zero attached hydrogens (tertiary/aromatic N) is 3. The fraction of sp³-hybridized carbons (Fsp3) is 0.412. The summed E-state index contributed by atoms with van der Waals surface area (Å²) in [5, 5.41) is 6.53. The fourth-order valence-corrected chi connectivity index (χ4v) is 2.29. The lowest BCUT2D eigenvalue weighted by atomic mass is 10.1. The summed E-state index contributed by atoms with van der Waals surface area (Å²) in [6.45, 7) is 7.05. The summed E-state index contributed by atoms with van der Waals surface area (Å²) in [6, 6.07) is 4.90. The maximum absolute atomic E-state index is 13.1. The van der Waals surface area contributed by atoms with Gasteiger partial charge in [-0.25, -0.2) is 9.37 Å². The van der Waals surface area contributed by atoms with Crippen molar-refractivity contribution in [3.05, 3.63) is 53.9 Å². The van der Waals surface area contributed by atoms with Crippen LogP contribution in [0.4, 0.5) is 4.39 Å². The Labute approximate surface area is 136 Å². The molecule has 5 nitrogen and oxygen atoms in total. The van der Waals surface area contributed by atoms with Crippen LogP contribution < -0.4 is 10.6 Å². The monoisotopic (exact) mass is 317 g/mol. The molecule has 6 heteroatoms. The van der Waals surface area contributed by atoms with Gasteiger partial charge < -0.3 is 15.2 Å². The predicted molar refractivity (Wildman–Crippen MR) is 91.0 cm³/mol. The van der Waals surface area contributed by atoms with Gasteiger partial charge in [0.2, 0.25) is 0 Å². The molecule has 0 atom stereocenters. The van der Waals surface area contributed by atoms with E-state index in [0.29, 0.717) is 6.54 Å². The second-order valence-corrected chi connectivity index (χ2v) is 5.31. The largest absolute Gasteiger partial charge is 0.357 e. The van der Waals surface area contributed by atoms with E-state index in [9.17, 15) is 4.39 Å². The third-order valence-corrected chi connectivity index (χ3v) is 3.52. The summed E-state index contributed by atoms with van der Waals surface area (Å²) in [6.07, 6.45) is 6.29. The summed E-state index contributed by atoms with van der Waals surface area (Å²) < 4.78 is 15.1. The molecule has 23 heavy (non-hydrogen) atoms. The second kappa shape index (κ2) is 8.92. The van der Waals surface area contributed by atoms with Gasteiger partial charge in [0.15, 0.2) is 5.96 Å². The molecule has 0 unspecified atom stereocenters. The standard InChI is InChI=1S/C17H24FN5/c1-3-20-17(22-9-11-23-10-8-19-13-23)21-7-6-15-4-5-16(18)12-14(15)2/h4-5,8,10,12-13H,3,6-7,9,11H2,1-2H3,(H2,20,21,22). The number of guanidine groups is 1. The topological polar surface area (TPSA) is 54.2 Å². The first-order chi connectivity index (χ1) is 11.2. The van der Waals surface area contributed by atoms with Crippen molar-refractivity contribution in [2.24, 2.45) is 4.99 Å². The molecular formula is C17H24FN5. The van der Waals surface area contributed by atoms with Crippen LogP contribution >= 0.6 is 0 Å². The molecule has 0 fully saturated rings. The van der Waals surface area contributed by atoms with Crippen molar-refractivity contribution in [3.8, 4) is 0 Å². The van der Waals surface area contributed by atoms with Crippen LogP contribution in [0.5, 0.6) is 0 Å². The van der Waals surface area contributed by atoms with E-state index in [-0.39, 0.29) is 5.82 Å². The zero-order valence-corrected chi connectivity index (χ0v) is 13.7. The molecule has 0 saturated heterocycles. The highest BCUT2D eigenvalue weighted by Crippen LogP contribution is 2.10. The third kappa shape index (κ3) is 5.73. The average Bonchev–Trinajstić information content (AvgIpc) is 3.03. The van der Waals surface area contributed by atoms with E-state index in [4.69, 9.17) is 0 Å². The van der Waals surface area contributed by atoms with E-state index in [2.05, 4.69) is 20.6 Å². The number of benzene rings is 1. The number of aromatic nitrogens is 2. The van der Waals surface area contributed by atoms with Gasteiger partial charge in [0, 0.05) is 38.6 Å². The van der Waals surface area contributed by atoms with Gasteiger partial charge in [0.1, 0.15) is 5.82 Å². The lowest BCUT2D eigenvalue weighted by molar-refractivity contribution is 0.625. The van der Waals surface area contributed by atoms with Crippen molar-refractivity contribution in [1.29, 1.82) is 0 Å². The highest BCUT2D eigenvalue weighted by Gasteiger charge is 2.01. The van der Waals surface area contributed by atoms with Crippen LogP contribution in [0.2, 0.25) is 0 Å². The minimum absolute atomic E-state index is 0.191. The molecule has 2 N–H and O–H groups in total. The molecule has 124 valence electrons. The molecule has 0 aliphatic rings. The maximum atomic E-state index is 13.1. The Hall–Kier alpha value is -2.37. The number of aliphatic imine (C=N–C) groups is 1. The van der Waals surface area contributed by atoms with E-state index in [1.807, 2.05) is 30.7 Å². The van der Waals surface area contributed by atoms with Gasteiger partial charge in [-0.1, -0.05) is 6.07 Å². The molecule has 0 bridgehead atoms. The highest BCUT2D eigenvalue weighted by molar-refractivity contribution is 5.79. The normalized spacial score (nSPS) is 11.5. The van der Waals surface area contributed by atoms with Crippen LogP contribution in [-0.2, 0) is 13.0 Å². The van der Waals surface area contributed by atoms with Crippen LogP contribution in [0.25, 0.3) is 0 Å². The summed E-state index contributed by atoms with van der Waals surface area (Å²) in [7, 11) is 0. The van der Waals surface area contributed by atoms with E-state index >= 15 is 0 Å². The molecule has 1 heterocycles. The Kier molecular flexibility index (Phi) is 6.59. The van der Waals surface area contributed by atoms with Gasteiger partial charge in [0.25, 0.3) is 0 Å². The van der Waals surface area contributed by atoms with Crippen LogP contribution in [0.15, 0.2) is 41.9 Å². The van der Waals surface area contributed by atoms with Crippen LogP contribution in [0.3, 0.4) is 0 Å². The van der Waals surface area contributed by atoms with E-state index in [1.165, 1.54) is 6.07 Å². The Bertz CT molecular complexity index is 622. The number of rotatable bonds is 7. The van der Waals surface area contributed by atoms with Crippen LogP contribution in [-0.4, -0.2) is 35.1 Å². The highest BCUT2D eigenvalue weighted by atomic mass is 19.1. The molecule has 0 amide bonds. The van der Waals surface area contributed by atoms with E-state index in [0.717, 1.165) is 43.1 Å². The lowest BCUT2D eigenvalue weighted by Gasteiger charge is -2.12. The molecule has 1 aromatic heterocycles. The number of imidazole rings is 1. The zero-order valence-electron chi connectivity index (χ0n) is 13.7. The number of halogens is 1. The molecule has 0 spiro atoms. The average molecular weight is 317 g/mol. The first-order valence-corrected chi connectivity index (χ1v) is 7.92. The summed E-state index contributed by atoms with van der Waals surface area (Å²) in [4.78, 5) is 8.58. The summed E-state index contributed by atoms with van der Waals surface area (Å²) in [5.74, 6) is 0.608. The Morgan fingerprint density at radius 1 is 1.35 bits per heavy atom. The first kappa shape index (κ1) is 17.0. The minimum Gasteiger partial charge on any atom is -0.357 e. The fourth-order valence-electron chi connectivity index (χ4n) is 2.29. The Morgan fingerprint density at radius 3 is 2.91 bits per heavy atom. The number of nitrogens with one attached hydrogen (secondary N) is 2. The van der Waals surface area contributed by atoms with Gasteiger partial charge in [-0.2, -0.15) is 0 Å². The summed E-state index contributed by atoms with van der Waals surface area (Å²) in [5.41, 5.74) is 2.10. The van der Waals surface area contributed by atoms with Crippen molar-refractivity contribution in [3.63, 3.8) is 0 Å². The molecule has 0 aliphatic heterocycles. The summed E-state index contributed by atoms with van der Waals surface area (Å²) >= 11 is 0. The quantitative estimate of drug-likeness (QED) is 0.607. The van der Waals surface area contributed by atoms with Crippen molar-refractivity contribution < 1.29 is 4.39 Å². The Morgan fingerprint density at radius 2 is 2.22 bits per heavy atom. The van der Waals surface area contributed by atoms with Crippen molar-refractivity contribution in [2.45, 2.75) is 26.8 Å². The molecular weight excluding hydrogens is 293 g/mol. The van der Waals surface area contributed by atoms with Gasteiger partial charge in [-0.05, 0) is 43.5 Å². The SMILES string of the molecule is CCNC(=NCCc1ccc(F)cc1C)NCCn1ccnc1. The first-order valence-electron chi connectivity index (χ1n) is 7.92. The predicted octanol–water partition coefficient (Wildman–Crippen LogP) is 2.13. The second-order valence-electron chi connectivity index (χ2n) is 5.31. The molecule has 0 radical (unpaired) electrons. The van der Waals surface area contributed by atoms with Crippen molar-refractivity contribution in [1.82, 2.24) is 20.2 Å². The van der Waals surface area contributed by atoms with Crippen LogP contribution in [0, 0.1) is 12.7 Å². The van der Waals surface area contributed by atoms with Crippen molar-refractivity contribution in [2.75, 3.05) is 19.6 Å². The van der Waals surface area contributed by atoms with Crippen LogP contribution in [0.1, 0.15) is 18.1 Å². The third-order valence-electron chi connectivity index (χ3n) is 3.52. The van der Waals surface area contributed by atoms with Gasteiger partial charge in [-0.15, -0.1) is 0 Å². The number of hydrogen-bond acceptors (Lipinski definition) is 2. The molecule has 1 aromatic carbocycles. The zero-order chi connectivity index (χ0) is 16.5. The lowest BCUT2D eigenvalue weighted by Crippen LogP contribution is -2.39. The molecule has 2 aromatic rings. The minimum atomic E-state index is -0.191. The van der Waals surface area contributed by atoms with Gasteiger partial charge in [-0.3, -0.25) is 4.99 Å². The van der Waals surface area contributed by atoms with Gasteiger partial charge in [0.05, 0.1) is 6.33 Å². The molecule has 0 aliphatic carbocycles. The number of aryl methyl sites for hydroxylation is 1. The van der Waals surface area contributed by atoms with E-state index < -0.39 is 0 Å². The Balaban J connectivity index is 1.82. The van der Waals surface area contributed by atoms with E-state index in [1.54, 1.807) is 18.6 Å². The van der Waals surface area contributed by atoms with Crippen molar-refractivity contribution >= 4 is 5.96 Å². The smallest absolute Gasteiger partial charge is 0.191 e.